The van der Waals surface area contributed by atoms with E-state index in [1.807, 2.05) is 27.2 Å². The van der Waals surface area contributed by atoms with Gasteiger partial charge in [0.25, 0.3) is 0 Å². The van der Waals surface area contributed by atoms with Crippen molar-refractivity contribution in [3.63, 3.8) is 0 Å². The standard InChI is InChI=1S/C14H27N5O/c1-11(2)14-17-12(15-3)10-13(18-14)16-6-8-20-9-7-19(4)5/h10-11H,6-9H2,1-5H3,(H2,15,16,17,18). The first-order chi connectivity index (χ1) is 9.52. The predicted octanol–water partition coefficient (Wildman–Crippen LogP) is 1.63. The third-order valence-electron chi connectivity index (χ3n) is 2.75. The average Bonchev–Trinajstić information content (AvgIpc) is 2.41. The Hall–Kier alpha value is -1.40. The second-order valence-corrected chi connectivity index (χ2v) is 5.24. The van der Waals surface area contributed by atoms with Crippen molar-refractivity contribution in [2.75, 3.05) is 58.1 Å². The number of hydrogen-bond acceptors (Lipinski definition) is 6. The van der Waals surface area contributed by atoms with Gasteiger partial charge in [-0.15, -0.1) is 0 Å². The molecule has 6 nitrogen and oxygen atoms in total. The van der Waals surface area contributed by atoms with Crippen LogP contribution in [0.4, 0.5) is 11.6 Å². The summed E-state index contributed by atoms with van der Waals surface area (Å²) >= 11 is 0. The maximum atomic E-state index is 5.54. The lowest BCUT2D eigenvalue weighted by Gasteiger charge is -2.12. The molecular weight excluding hydrogens is 254 g/mol. The van der Waals surface area contributed by atoms with Crippen molar-refractivity contribution < 1.29 is 4.74 Å². The van der Waals surface area contributed by atoms with E-state index in [0.29, 0.717) is 12.5 Å². The molecule has 1 heterocycles. The molecule has 1 aromatic rings. The van der Waals surface area contributed by atoms with E-state index in [1.54, 1.807) is 0 Å². The molecule has 0 aliphatic rings. The fourth-order valence-corrected chi connectivity index (χ4v) is 1.54. The fraction of sp³-hybridized carbons (Fsp3) is 0.714. The zero-order chi connectivity index (χ0) is 15.0. The van der Waals surface area contributed by atoms with Crippen molar-refractivity contribution in [2.24, 2.45) is 0 Å². The summed E-state index contributed by atoms with van der Waals surface area (Å²) in [4.78, 5) is 11.0. The highest BCUT2D eigenvalue weighted by molar-refractivity contribution is 5.47. The predicted molar refractivity (Wildman–Crippen MR) is 83.5 cm³/mol. The van der Waals surface area contributed by atoms with Gasteiger partial charge in [-0.2, -0.15) is 0 Å². The van der Waals surface area contributed by atoms with Crippen LogP contribution in [0, 0.1) is 0 Å². The van der Waals surface area contributed by atoms with Gasteiger partial charge < -0.3 is 20.3 Å². The summed E-state index contributed by atoms with van der Waals surface area (Å²) in [5.74, 6) is 2.82. The van der Waals surface area contributed by atoms with Gasteiger partial charge in [0, 0.05) is 32.1 Å². The number of rotatable bonds is 9. The first-order valence-corrected chi connectivity index (χ1v) is 7.06. The lowest BCUT2D eigenvalue weighted by molar-refractivity contribution is 0.126. The third-order valence-corrected chi connectivity index (χ3v) is 2.75. The van der Waals surface area contributed by atoms with Gasteiger partial charge in [0.2, 0.25) is 0 Å². The molecule has 0 aromatic carbocycles. The lowest BCUT2D eigenvalue weighted by Crippen LogP contribution is -2.20. The monoisotopic (exact) mass is 281 g/mol. The number of hydrogen-bond donors (Lipinski definition) is 2. The van der Waals surface area contributed by atoms with Crippen molar-refractivity contribution >= 4 is 11.6 Å². The fourth-order valence-electron chi connectivity index (χ4n) is 1.54. The molecule has 0 unspecified atom stereocenters. The second-order valence-electron chi connectivity index (χ2n) is 5.24. The van der Waals surface area contributed by atoms with E-state index in [1.165, 1.54) is 0 Å². The largest absolute Gasteiger partial charge is 0.378 e. The first-order valence-electron chi connectivity index (χ1n) is 7.06. The van der Waals surface area contributed by atoms with Crippen LogP contribution >= 0.6 is 0 Å². The minimum absolute atomic E-state index is 0.306. The smallest absolute Gasteiger partial charge is 0.135 e. The van der Waals surface area contributed by atoms with E-state index in [4.69, 9.17) is 4.74 Å². The zero-order valence-corrected chi connectivity index (χ0v) is 13.2. The SMILES string of the molecule is CNc1cc(NCCOCCN(C)C)nc(C(C)C)n1. The van der Waals surface area contributed by atoms with Crippen molar-refractivity contribution in [2.45, 2.75) is 19.8 Å². The Balaban J connectivity index is 2.41. The lowest BCUT2D eigenvalue weighted by atomic mass is 10.2. The van der Waals surface area contributed by atoms with Crippen LogP contribution in [0.15, 0.2) is 6.07 Å². The maximum absolute atomic E-state index is 5.54. The molecule has 0 atom stereocenters. The molecule has 6 heteroatoms. The molecule has 0 spiro atoms. The number of likely N-dealkylation sites (N-methyl/N-ethyl adjacent to an activating group) is 1. The summed E-state index contributed by atoms with van der Waals surface area (Å²) in [7, 11) is 5.94. The summed E-state index contributed by atoms with van der Waals surface area (Å²) < 4.78 is 5.54. The number of nitrogens with one attached hydrogen (secondary N) is 2. The Labute approximate surface area is 121 Å². The molecule has 114 valence electrons. The normalized spacial score (nSPS) is 11.2. The van der Waals surface area contributed by atoms with Gasteiger partial charge in [-0.25, -0.2) is 9.97 Å². The number of ether oxygens (including phenoxy) is 1. The number of anilines is 2. The first kappa shape index (κ1) is 16.7. The number of aromatic nitrogens is 2. The summed E-state index contributed by atoms with van der Waals surface area (Å²) in [5.41, 5.74) is 0. The maximum Gasteiger partial charge on any atom is 0.135 e. The Morgan fingerprint density at radius 1 is 1.20 bits per heavy atom. The third kappa shape index (κ3) is 6.16. The molecular formula is C14H27N5O. The van der Waals surface area contributed by atoms with Gasteiger partial charge in [0.05, 0.1) is 13.2 Å². The molecule has 20 heavy (non-hydrogen) atoms. The van der Waals surface area contributed by atoms with Gasteiger partial charge in [-0.3, -0.25) is 0 Å². The Kier molecular flexibility index (Phi) is 7.25. The van der Waals surface area contributed by atoms with E-state index in [0.717, 1.165) is 37.2 Å². The highest BCUT2D eigenvalue weighted by Crippen LogP contribution is 2.16. The van der Waals surface area contributed by atoms with Crippen molar-refractivity contribution in [1.29, 1.82) is 0 Å². The van der Waals surface area contributed by atoms with E-state index in [2.05, 4.69) is 39.3 Å². The van der Waals surface area contributed by atoms with Crippen LogP contribution in [0.5, 0.6) is 0 Å². The van der Waals surface area contributed by atoms with Crippen molar-refractivity contribution in [3.8, 4) is 0 Å². The summed E-state index contributed by atoms with van der Waals surface area (Å²) in [5, 5.41) is 6.33. The van der Waals surface area contributed by atoms with E-state index >= 15 is 0 Å². The molecule has 0 fully saturated rings. The quantitative estimate of drug-likeness (QED) is 0.671. The van der Waals surface area contributed by atoms with Gasteiger partial charge in [-0.1, -0.05) is 13.8 Å². The molecule has 1 rings (SSSR count). The van der Waals surface area contributed by atoms with Gasteiger partial charge in [0.15, 0.2) is 0 Å². The van der Waals surface area contributed by atoms with Gasteiger partial charge in [-0.05, 0) is 14.1 Å². The Bertz CT molecular complexity index is 395. The molecule has 0 saturated heterocycles. The molecule has 0 aliphatic carbocycles. The minimum Gasteiger partial charge on any atom is -0.378 e. The van der Waals surface area contributed by atoms with E-state index < -0.39 is 0 Å². The van der Waals surface area contributed by atoms with E-state index in [9.17, 15) is 0 Å². The highest BCUT2D eigenvalue weighted by Gasteiger charge is 2.07. The Morgan fingerprint density at radius 2 is 1.90 bits per heavy atom. The summed E-state index contributed by atoms with van der Waals surface area (Å²) in [6.07, 6.45) is 0. The minimum atomic E-state index is 0.306. The molecule has 1 aromatic heterocycles. The second kappa shape index (κ2) is 8.71. The van der Waals surface area contributed by atoms with Crippen LogP contribution in [0.25, 0.3) is 0 Å². The van der Waals surface area contributed by atoms with Gasteiger partial charge >= 0.3 is 0 Å². The zero-order valence-electron chi connectivity index (χ0n) is 13.2. The van der Waals surface area contributed by atoms with Crippen molar-refractivity contribution in [3.05, 3.63) is 11.9 Å². The van der Waals surface area contributed by atoms with E-state index in [-0.39, 0.29) is 0 Å². The highest BCUT2D eigenvalue weighted by atomic mass is 16.5. The molecule has 2 N–H and O–H groups in total. The molecule has 0 saturated carbocycles. The molecule has 0 aliphatic heterocycles. The molecule has 0 radical (unpaired) electrons. The van der Waals surface area contributed by atoms with Gasteiger partial charge in [0.1, 0.15) is 17.5 Å². The van der Waals surface area contributed by atoms with Crippen LogP contribution in [-0.4, -0.2) is 62.3 Å². The number of nitrogens with zero attached hydrogens (tertiary/aromatic N) is 3. The summed E-state index contributed by atoms with van der Waals surface area (Å²) in [6.45, 7) is 7.27. The molecule has 0 bridgehead atoms. The molecule has 0 amide bonds. The van der Waals surface area contributed by atoms with Crippen LogP contribution in [-0.2, 0) is 4.74 Å². The van der Waals surface area contributed by atoms with Crippen LogP contribution in [0.2, 0.25) is 0 Å². The van der Waals surface area contributed by atoms with Crippen LogP contribution < -0.4 is 10.6 Å². The topological polar surface area (TPSA) is 62.3 Å². The van der Waals surface area contributed by atoms with Crippen molar-refractivity contribution in [1.82, 2.24) is 14.9 Å². The Morgan fingerprint density at radius 3 is 2.50 bits per heavy atom. The average molecular weight is 281 g/mol. The van der Waals surface area contributed by atoms with Crippen LogP contribution in [0.3, 0.4) is 0 Å². The summed E-state index contributed by atoms with van der Waals surface area (Å²) in [6, 6.07) is 1.91. The van der Waals surface area contributed by atoms with Crippen LogP contribution in [0.1, 0.15) is 25.6 Å².